The Bertz CT molecular complexity index is 6610. The van der Waals surface area contributed by atoms with Gasteiger partial charge in [-0.05, 0) is 274 Å². The summed E-state index contributed by atoms with van der Waals surface area (Å²) in [6, 6.07) is 75.6. The van der Waals surface area contributed by atoms with Crippen LogP contribution in [0.3, 0.4) is 0 Å². The van der Waals surface area contributed by atoms with Crippen molar-refractivity contribution < 1.29 is 68.5 Å². The number of carbonyl (C=O) groups is 4. The zero-order valence-electron chi connectivity index (χ0n) is 67.2. The topological polar surface area (TPSA) is 231 Å². The van der Waals surface area contributed by atoms with Gasteiger partial charge >= 0.3 is 0 Å². The second kappa shape index (κ2) is 36.9. The first-order valence-corrected chi connectivity index (χ1v) is 45.9. The third-order valence-corrected chi connectivity index (χ3v) is 28.0. The van der Waals surface area contributed by atoms with E-state index in [1.54, 1.807) is 74.7 Å². The highest BCUT2D eigenvalue weighted by molar-refractivity contribution is 7.94. The van der Waals surface area contributed by atoms with Gasteiger partial charge in [-0.3, -0.25) is 38.1 Å². The van der Waals surface area contributed by atoms with E-state index in [1.165, 1.54) is 69.3 Å². The van der Waals surface area contributed by atoms with Gasteiger partial charge in [0.2, 0.25) is 0 Å². The molecule has 26 heteroatoms. The number of nitrogens with one attached hydrogen (secondary N) is 4. The van der Waals surface area contributed by atoms with Crippen molar-refractivity contribution in [2.75, 3.05) is 7.11 Å². The van der Waals surface area contributed by atoms with E-state index in [-0.39, 0.29) is 59.7 Å². The second-order valence-electron chi connectivity index (χ2n) is 30.6. The van der Waals surface area contributed by atoms with E-state index >= 15 is 0 Å². The van der Waals surface area contributed by atoms with Crippen LogP contribution >= 0.6 is 34.8 Å². The lowest BCUT2D eigenvalue weighted by Gasteiger charge is -2.16. The Labute approximate surface area is 745 Å². The second-order valence-corrected chi connectivity index (χ2v) is 36.6. The van der Waals surface area contributed by atoms with Crippen LogP contribution in [0.25, 0.3) is 64.1 Å². The Morgan fingerprint density at radius 3 is 1.02 bits per heavy atom. The number of methoxy groups -OCH3 is 1. The summed E-state index contributed by atoms with van der Waals surface area (Å²) in [5.74, 6) is 1.66. The summed E-state index contributed by atoms with van der Waals surface area (Å²) < 4.78 is 116. The van der Waals surface area contributed by atoms with Gasteiger partial charge in [-0.15, -0.1) is 0 Å². The number of fused-ring (bicyclic) bond motifs is 4. The van der Waals surface area contributed by atoms with Gasteiger partial charge in [-0.2, -0.15) is 0 Å². The summed E-state index contributed by atoms with van der Waals surface area (Å²) >= 11 is 18.7. The molecule has 0 aromatic heterocycles. The standard InChI is InChI=1S/C25H20ClNO4S.C25H20ClNO3S.C25H20FNO3S.C24H17ClFNO3S/c1-30-19-12-16(11-17(26)13-19)20-3-2-4-22-21(20)9-10-23(22)31-18-7-5-15(6-8-18)24-14-25(28)27-32(24)29;1-15-5-11-22(26)21(13-15)18-3-2-4-20-19(18)10-12-23(20)30-17-8-6-16(7-9-17)24-14-25(28)27-31(24)29;1-15-5-6-17(13-22(15)26)19-3-2-4-21-20(19)11-12-23(21)30-18-9-7-16(8-10-18)24-14-25(28)27-31(24)29;25-15-6-9-19(21(26)12-15)17-2-1-3-20-18(17)10-11-22(20)30-16-7-4-14(5-8-16)23-13-24(28)27-31(23)29/h2-8,11-14,23H,9-10H2,1H3,(H,27,28);2-9,11,13-14,23H,10,12H2,1H3,(H,27,28);2-10,13-14,23H,11-12H2,1H3,(H,27,28);1-9,12-13,22H,10-11H2,(H,27,28)/t23-,32?;2*23-,31?;22-,31?/m1111/s1. The predicted molar refractivity (Wildman–Crippen MR) is 488 cm³/mol. The van der Waals surface area contributed by atoms with Gasteiger partial charge in [0.25, 0.3) is 23.6 Å². The fraction of sp³-hybridized carbons (Fsp3) is 0.152. The van der Waals surface area contributed by atoms with E-state index < -0.39 is 43.9 Å². The Balaban J connectivity index is 0.000000118. The molecular formula is C99H77Cl3F2N4O13S4. The number of rotatable bonds is 17. The van der Waals surface area contributed by atoms with Gasteiger partial charge in [-0.1, -0.05) is 180 Å². The molecule has 0 saturated carbocycles. The molecule has 125 heavy (non-hydrogen) atoms. The Morgan fingerprint density at radius 1 is 0.320 bits per heavy atom. The molecule has 0 radical (unpaired) electrons. The summed E-state index contributed by atoms with van der Waals surface area (Å²) in [7, 11) is -4.40. The van der Waals surface area contributed by atoms with Crippen molar-refractivity contribution in [3.05, 3.63) is 372 Å². The molecule has 630 valence electrons. The molecule has 12 aromatic carbocycles. The fourth-order valence-corrected chi connectivity index (χ4v) is 21.0. The van der Waals surface area contributed by atoms with Gasteiger partial charge in [0, 0.05) is 50.5 Å². The summed E-state index contributed by atoms with van der Waals surface area (Å²) in [4.78, 5) is 47.5. The number of carbonyl (C=O) groups excluding carboxylic acids is 4. The number of hydrogen-bond acceptors (Lipinski definition) is 13. The van der Waals surface area contributed by atoms with Gasteiger partial charge < -0.3 is 23.7 Å². The normalized spacial score (nSPS) is 19.6. The zero-order valence-corrected chi connectivity index (χ0v) is 72.7. The largest absolute Gasteiger partial charge is 0.497 e. The molecule has 12 aromatic rings. The summed E-state index contributed by atoms with van der Waals surface area (Å²) in [5.41, 5.74) is 21.8. The van der Waals surface area contributed by atoms with Crippen molar-refractivity contribution in [3.8, 4) is 73.3 Å². The monoisotopic (exact) mass is 1800 g/mol. The van der Waals surface area contributed by atoms with E-state index in [9.17, 15) is 44.8 Å². The van der Waals surface area contributed by atoms with Crippen molar-refractivity contribution in [1.29, 1.82) is 0 Å². The van der Waals surface area contributed by atoms with Gasteiger partial charge in [-0.25, -0.2) is 25.6 Å². The maximum absolute atomic E-state index is 14.5. The molecule has 0 bridgehead atoms. The quantitative estimate of drug-likeness (QED) is 0.0665. The molecule has 17 nitrogen and oxygen atoms in total. The van der Waals surface area contributed by atoms with Crippen molar-refractivity contribution in [2.45, 2.75) is 89.6 Å². The minimum atomic E-state index is -1.52. The lowest BCUT2D eigenvalue weighted by atomic mass is 9.95. The minimum Gasteiger partial charge on any atom is -0.497 e. The summed E-state index contributed by atoms with van der Waals surface area (Å²) in [5, 5.41) is 1.76. The Morgan fingerprint density at radius 2 is 0.672 bits per heavy atom. The van der Waals surface area contributed by atoms with Crippen LogP contribution in [-0.4, -0.2) is 47.6 Å². The third-order valence-electron chi connectivity index (χ3n) is 22.7. The van der Waals surface area contributed by atoms with Crippen LogP contribution in [0.15, 0.2) is 267 Å². The highest BCUT2D eigenvalue weighted by Crippen LogP contribution is 2.47. The van der Waals surface area contributed by atoms with Crippen LogP contribution in [0.1, 0.15) is 128 Å². The highest BCUT2D eigenvalue weighted by atomic mass is 35.5. The highest BCUT2D eigenvalue weighted by Gasteiger charge is 2.34. The number of ether oxygens (including phenoxy) is 5. The molecule has 4 unspecified atom stereocenters. The maximum Gasteiger partial charge on any atom is 0.257 e. The van der Waals surface area contributed by atoms with Crippen LogP contribution < -0.4 is 42.6 Å². The average molecular weight is 1800 g/mol. The van der Waals surface area contributed by atoms with Gasteiger partial charge in [0.1, 0.15) is 64.8 Å². The zero-order chi connectivity index (χ0) is 86.8. The molecule has 0 fully saturated rings. The summed E-state index contributed by atoms with van der Waals surface area (Å²) in [6.45, 7) is 3.83. The van der Waals surface area contributed by atoms with Crippen LogP contribution in [0.2, 0.25) is 15.1 Å². The van der Waals surface area contributed by atoms with E-state index in [1.807, 2.05) is 133 Å². The Kier molecular flexibility index (Phi) is 25.1. The fourth-order valence-electron chi connectivity index (χ4n) is 16.8. The first-order chi connectivity index (χ1) is 60.5. The molecule has 0 saturated heterocycles. The smallest absolute Gasteiger partial charge is 0.257 e. The molecule has 8 atom stereocenters. The maximum atomic E-state index is 14.5. The number of benzene rings is 12. The molecule has 4 aliphatic carbocycles. The predicted octanol–water partition coefficient (Wildman–Crippen LogP) is 21.1. The molecule has 4 amide bonds. The molecule has 4 aliphatic heterocycles. The molecule has 8 aliphatic rings. The number of halogens is 5. The third kappa shape index (κ3) is 18.7. The van der Waals surface area contributed by atoms with Crippen molar-refractivity contribution in [2.24, 2.45) is 0 Å². The Hall–Kier alpha value is -12.2. The van der Waals surface area contributed by atoms with E-state index in [2.05, 4.69) is 68.3 Å². The van der Waals surface area contributed by atoms with Crippen LogP contribution in [0.4, 0.5) is 8.78 Å². The molecule has 4 heterocycles. The number of amides is 4. The average Bonchev–Trinajstić information content (AvgIpc) is 1.68. The first-order valence-electron chi connectivity index (χ1n) is 40.2. The van der Waals surface area contributed by atoms with E-state index in [0.29, 0.717) is 57.9 Å². The van der Waals surface area contributed by atoms with Crippen molar-refractivity contribution in [3.63, 3.8) is 0 Å². The lowest BCUT2D eigenvalue weighted by molar-refractivity contribution is -0.115. The van der Waals surface area contributed by atoms with Crippen LogP contribution in [-0.2, 0) is 88.8 Å². The SMILES string of the molecule is COc1cc(Cl)cc(-c2cccc3c2CC[C@H]3Oc2ccc(C3=CC(=O)NS3=O)cc2)c1.Cc1ccc(-c2cccc3c2CC[C@H]3Oc2ccc(C3=CC(=O)NS3=O)cc2)cc1F.Cc1ccc(Cl)c(-c2cccc3c2CC[C@H]3Oc2ccc(C3=CC(=O)NS3=O)cc2)c1.O=C1C=C(c2ccc(O[C@@H]3CCc4c(-c5ccc(Cl)cc5F)cccc43)cc2)S(=O)N1. The summed E-state index contributed by atoms with van der Waals surface area (Å²) in [6.07, 6.45) is 12.0. The van der Waals surface area contributed by atoms with Gasteiger partial charge in [0.15, 0.2) is 43.9 Å². The van der Waals surface area contributed by atoms with Crippen molar-refractivity contribution in [1.82, 2.24) is 18.9 Å². The number of aryl methyl sites for hydroxylation is 2. The molecular weight excluding hydrogens is 1730 g/mol. The molecule has 20 rings (SSSR count). The minimum absolute atomic E-state index is 0.0348. The van der Waals surface area contributed by atoms with E-state index in [4.69, 9.17) is 58.5 Å². The van der Waals surface area contributed by atoms with Crippen LogP contribution in [0.5, 0.6) is 28.7 Å². The van der Waals surface area contributed by atoms with Crippen LogP contribution in [0, 0.1) is 25.5 Å². The van der Waals surface area contributed by atoms with Gasteiger partial charge in [0.05, 0.1) is 26.7 Å². The number of hydrogen-bond donors (Lipinski definition) is 4. The molecule has 4 N–H and O–H groups in total. The molecule has 0 spiro atoms. The van der Waals surface area contributed by atoms with Crippen molar-refractivity contribution >= 4 is 122 Å². The van der Waals surface area contributed by atoms with E-state index in [0.717, 1.165) is 140 Å². The first kappa shape index (κ1) is 85.0. The lowest BCUT2D eigenvalue weighted by Crippen LogP contribution is -2.16.